The van der Waals surface area contributed by atoms with E-state index in [1.54, 1.807) is 0 Å². The van der Waals surface area contributed by atoms with Crippen molar-refractivity contribution in [3.05, 3.63) is 0 Å². The van der Waals surface area contributed by atoms with Gasteiger partial charge in [-0.05, 0) is 19.3 Å². The Morgan fingerprint density at radius 3 is 2.68 bits per heavy atom. The first kappa shape index (κ1) is 15.2. The second-order valence-corrected chi connectivity index (χ2v) is 6.73. The van der Waals surface area contributed by atoms with Crippen LogP contribution in [0.5, 0.6) is 0 Å². The number of rotatable bonds is 7. The van der Waals surface area contributed by atoms with Gasteiger partial charge in [0, 0.05) is 25.5 Å². The highest BCUT2D eigenvalue weighted by atomic mass is 32.2. The topological polar surface area (TPSA) is 33.6 Å². The predicted octanol–water partition coefficient (Wildman–Crippen LogP) is 3.59. The van der Waals surface area contributed by atoms with Crippen LogP contribution in [0.3, 0.4) is 0 Å². The number of nitrogens with zero attached hydrogens (tertiary/aromatic N) is 1. The first-order valence-corrected chi connectivity index (χ1v) is 8.86. The summed E-state index contributed by atoms with van der Waals surface area (Å²) in [6.07, 6.45) is 10.3. The summed E-state index contributed by atoms with van der Waals surface area (Å²) < 4.78 is 5.45. The lowest BCUT2D eigenvalue weighted by molar-refractivity contribution is 0.0555. The first-order valence-electron chi connectivity index (χ1n) is 7.88. The zero-order chi connectivity index (χ0) is 13.4. The molecular formula is C15H28N2OS. The number of unbranched alkanes of at least 4 members (excludes halogenated alkanes) is 5. The fourth-order valence-electron chi connectivity index (χ4n) is 2.69. The predicted molar refractivity (Wildman–Crippen MR) is 84.1 cm³/mol. The molecule has 3 nitrogen and oxygen atoms in total. The number of hydrogen-bond donors (Lipinski definition) is 1. The van der Waals surface area contributed by atoms with E-state index in [1.165, 1.54) is 49.4 Å². The Balaban J connectivity index is 1.59. The van der Waals surface area contributed by atoms with Gasteiger partial charge in [-0.25, -0.2) is 0 Å². The van der Waals surface area contributed by atoms with Gasteiger partial charge in [0.05, 0.1) is 5.54 Å². The minimum Gasteiger partial charge on any atom is -0.381 e. The number of ether oxygens (including phenoxy) is 1. The Hall–Kier alpha value is -0.220. The Labute approximate surface area is 122 Å². The van der Waals surface area contributed by atoms with Crippen LogP contribution in [0.1, 0.15) is 58.3 Å². The lowest BCUT2D eigenvalue weighted by Crippen LogP contribution is -2.48. The van der Waals surface area contributed by atoms with Gasteiger partial charge in [-0.15, -0.1) is 0 Å². The molecule has 0 saturated carbocycles. The van der Waals surface area contributed by atoms with Gasteiger partial charge < -0.3 is 10.1 Å². The molecule has 2 rings (SSSR count). The van der Waals surface area contributed by atoms with Crippen LogP contribution in [-0.2, 0) is 4.74 Å². The van der Waals surface area contributed by atoms with Gasteiger partial charge in [-0.2, -0.15) is 0 Å². The summed E-state index contributed by atoms with van der Waals surface area (Å²) in [5.41, 5.74) is 0.295. The van der Waals surface area contributed by atoms with Crippen LogP contribution >= 0.6 is 11.8 Å². The maximum Gasteiger partial charge on any atom is 0.157 e. The Morgan fingerprint density at radius 1 is 1.16 bits per heavy atom. The SMILES string of the molecule is CCCCCCCCN=C1NC2(CCOCC2)CS1. The monoisotopic (exact) mass is 284 g/mol. The van der Waals surface area contributed by atoms with Crippen molar-refractivity contribution in [2.45, 2.75) is 63.8 Å². The zero-order valence-electron chi connectivity index (χ0n) is 12.2. The Kier molecular flexibility index (Phi) is 6.51. The number of amidine groups is 1. The molecule has 0 aromatic rings. The van der Waals surface area contributed by atoms with Gasteiger partial charge >= 0.3 is 0 Å². The zero-order valence-corrected chi connectivity index (χ0v) is 13.1. The molecule has 0 aliphatic carbocycles. The van der Waals surface area contributed by atoms with E-state index in [1.807, 2.05) is 11.8 Å². The van der Waals surface area contributed by atoms with Crippen molar-refractivity contribution in [3.8, 4) is 0 Å². The van der Waals surface area contributed by atoms with Crippen molar-refractivity contribution < 1.29 is 4.74 Å². The minimum atomic E-state index is 0.295. The maximum absolute atomic E-state index is 5.45. The molecule has 0 bridgehead atoms. The van der Waals surface area contributed by atoms with Crippen molar-refractivity contribution in [2.24, 2.45) is 4.99 Å². The largest absolute Gasteiger partial charge is 0.381 e. The quantitative estimate of drug-likeness (QED) is 0.725. The van der Waals surface area contributed by atoms with Crippen LogP contribution in [-0.4, -0.2) is 36.2 Å². The van der Waals surface area contributed by atoms with E-state index in [-0.39, 0.29) is 0 Å². The lowest BCUT2D eigenvalue weighted by atomic mass is 9.93. The van der Waals surface area contributed by atoms with Gasteiger partial charge in [-0.1, -0.05) is 50.8 Å². The number of thioether (sulfide) groups is 1. The van der Waals surface area contributed by atoms with Crippen molar-refractivity contribution in [3.63, 3.8) is 0 Å². The third kappa shape index (κ3) is 4.99. The minimum absolute atomic E-state index is 0.295. The molecule has 2 fully saturated rings. The van der Waals surface area contributed by atoms with E-state index in [2.05, 4.69) is 12.2 Å². The molecule has 0 amide bonds. The fourth-order valence-corrected chi connectivity index (χ4v) is 3.94. The van der Waals surface area contributed by atoms with Gasteiger partial charge in [-0.3, -0.25) is 4.99 Å². The van der Waals surface area contributed by atoms with E-state index in [4.69, 9.17) is 9.73 Å². The highest BCUT2D eigenvalue weighted by Crippen LogP contribution is 2.31. The number of hydrogen-bond acceptors (Lipinski definition) is 3. The summed E-state index contributed by atoms with van der Waals surface area (Å²) in [5.74, 6) is 1.17. The first-order chi connectivity index (χ1) is 9.35. The van der Waals surface area contributed by atoms with Crippen LogP contribution in [0.25, 0.3) is 0 Å². The average Bonchev–Trinajstić information content (AvgIpc) is 2.81. The molecule has 0 aromatic carbocycles. The molecule has 1 spiro atoms. The standard InChI is InChI=1S/C15H28N2OS/c1-2-3-4-5-6-7-10-16-14-17-15(13-19-14)8-11-18-12-9-15/h2-13H2,1H3,(H,16,17). The Morgan fingerprint density at radius 2 is 1.89 bits per heavy atom. The molecule has 1 N–H and O–H groups in total. The fraction of sp³-hybridized carbons (Fsp3) is 0.933. The lowest BCUT2D eigenvalue weighted by Gasteiger charge is -2.32. The van der Waals surface area contributed by atoms with Gasteiger partial charge in [0.15, 0.2) is 5.17 Å². The summed E-state index contributed by atoms with van der Waals surface area (Å²) in [6, 6.07) is 0. The molecule has 2 saturated heterocycles. The van der Waals surface area contributed by atoms with E-state index in [0.29, 0.717) is 5.54 Å². The molecule has 2 heterocycles. The average molecular weight is 284 g/mol. The van der Waals surface area contributed by atoms with Crippen molar-refractivity contribution in [1.29, 1.82) is 0 Å². The van der Waals surface area contributed by atoms with Gasteiger partial charge in [0.2, 0.25) is 0 Å². The third-order valence-corrected chi connectivity index (χ3v) is 5.28. The van der Waals surface area contributed by atoms with Crippen LogP contribution in [0.2, 0.25) is 0 Å². The van der Waals surface area contributed by atoms with Crippen LogP contribution in [0, 0.1) is 0 Å². The van der Waals surface area contributed by atoms with Crippen LogP contribution in [0.15, 0.2) is 4.99 Å². The van der Waals surface area contributed by atoms with Crippen molar-refractivity contribution in [1.82, 2.24) is 5.32 Å². The molecule has 0 radical (unpaired) electrons. The second kappa shape index (κ2) is 8.15. The molecule has 4 heteroatoms. The molecule has 0 atom stereocenters. The van der Waals surface area contributed by atoms with E-state index in [0.717, 1.165) is 32.6 Å². The maximum atomic E-state index is 5.45. The summed E-state index contributed by atoms with van der Waals surface area (Å²) in [5, 5.41) is 4.83. The van der Waals surface area contributed by atoms with E-state index in [9.17, 15) is 0 Å². The highest BCUT2D eigenvalue weighted by Gasteiger charge is 2.38. The van der Waals surface area contributed by atoms with Crippen LogP contribution in [0.4, 0.5) is 0 Å². The molecule has 110 valence electrons. The number of nitrogens with one attached hydrogen (secondary N) is 1. The van der Waals surface area contributed by atoms with E-state index < -0.39 is 0 Å². The molecule has 19 heavy (non-hydrogen) atoms. The van der Waals surface area contributed by atoms with Gasteiger partial charge in [0.1, 0.15) is 0 Å². The molecular weight excluding hydrogens is 256 g/mol. The summed E-state index contributed by atoms with van der Waals surface area (Å²) in [4.78, 5) is 4.72. The smallest absolute Gasteiger partial charge is 0.157 e. The second-order valence-electron chi connectivity index (χ2n) is 5.76. The van der Waals surface area contributed by atoms with E-state index >= 15 is 0 Å². The van der Waals surface area contributed by atoms with Crippen molar-refractivity contribution >= 4 is 16.9 Å². The molecule has 0 aromatic heterocycles. The third-order valence-electron chi connectivity index (χ3n) is 4.07. The normalized spacial score (nSPS) is 23.9. The summed E-state index contributed by atoms with van der Waals surface area (Å²) in [7, 11) is 0. The summed E-state index contributed by atoms with van der Waals surface area (Å²) in [6.45, 7) is 5.06. The molecule has 0 unspecified atom stereocenters. The number of aliphatic imine (C=N–C) groups is 1. The van der Waals surface area contributed by atoms with Crippen molar-refractivity contribution in [2.75, 3.05) is 25.5 Å². The Bertz CT molecular complexity index is 288. The summed E-state index contributed by atoms with van der Waals surface area (Å²) >= 11 is 1.90. The molecule has 2 aliphatic rings. The molecule has 2 aliphatic heterocycles. The van der Waals surface area contributed by atoms with Gasteiger partial charge in [0.25, 0.3) is 0 Å². The highest BCUT2D eigenvalue weighted by molar-refractivity contribution is 8.14. The van der Waals surface area contributed by atoms with Crippen LogP contribution < -0.4 is 5.32 Å².